The van der Waals surface area contributed by atoms with Crippen molar-refractivity contribution in [1.29, 1.82) is 0 Å². The third-order valence-electron chi connectivity index (χ3n) is 19.9. The maximum absolute atomic E-state index is 13.9. The molecule has 0 aliphatic carbocycles. The molecule has 0 spiro atoms. The van der Waals surface area contributed by atoms with Gasteiger partial charge < -0.3 is 105 Å². The van der Waals surface area contributed by atoms with Gasteiger partial charge in [0.2, 0.25) is 47.3 Å². The van der Waals surface area contributed by atoms with E-state index in [1.54, 1.807) is 0 Å². The number of aromatic amines is 1. The molecule has 3 heterocycles. The second-order valence-electron chi connectivity index (χ2n) is 36.8. The largest absolute Gasteiger partial charge is 0.463 e. The topological polar surface area (TPSA) is 462 Å². The van der Waals surface area contributed by atoms with Crippen molar-refractivity contribution in [3.05, 3.63) is 45.9 Å². The van der Waals surface area contributed by atoms with Gasteiger partial charge in [-0.3, -0.25) is 52.7 Å². The van der Waals surface area contributed by atoms with Crippen molar-refractivity contribution < 1.29 is 95.3 Å². The smallest absolute Gasteiger partial charge is 0.328 e. The second-order valence-corrected chi connectivity index (χ2v) is 36.8. The molecule has 708 valence electrons. The summed E-state index contributed by atoms with van der Waals surface area (Å²) in [4.78, 5) is 137. The molecule has 4 rings (SSSR count). The number of H-pyrrole nitrogens is 1. The quantitative estimate of drug-likeness (QED) is 0.0214. The minimum atomic E-state index is -1.35. The van der Waals surface area contributed by atoms with Crippen LogP contribution < -0.4 is 64.6 Å². The monoisotopic (exact) mass is 1760 g/mol. The maximum atomic E-state index is 13.9. The SMILES string of the molecule is CCCCOc1nc(N)c2[nH]c(=O)n(Cc3ccc(CN4CCC(CCNC(=O)[C@H](CCCCNC(=O)CON)NC(=O)CCCC(=O)NCCOCCOCCOCCOCCC(=O)NC(COCCC(=O)NC(C)(C)CCOC(C)(C)C)(COCCC(=O)NC(C)(C)CCOC(C)(C)C)COCCC(=O)NC(C)(C)CCOC(C)(C)C)CC4)cc3)c2n1. The number of likely N-dealkylation sites (tertiary alicyclic amines) is 1. The van der Waals surface area contributed by atoms with E-state index in [4.69, 9.17) is 63.7 Å². The summed E-state index contributed by atoms with van der Waals surface area (Å²) in [5.41, 5.74) is 4.64. The third kappa shape index (κ3) is 50.7. The van der Waals surface area contributed by atoms with Crippen LogP contribution in [-0.2, 0) is 104 Å². The fourth-order valence-corrected chi connectivity index (χ4v) is 13.0. The molecular formula is C88H155N15O21. The Labute approximate surface area is 735 Å². The van der Waals surface area contributed by atoms with E-state index in [2.05, 4.69) is 86.3 Å². The highest BCUT2D eigenvalue weighted by Gasteiger charge is 2.36. The molecule has 1 atom stereocenters. The number of nitrogens with two attached hydrogens (primary N) is 2. The van der Waals surface area contributed by atoms with E-state index >= 15 is 0 Å². The molecule has 124 heavy (non-hydrogen) atoms. The van der Waals surface area contributed by atoms with Crippen LogP contribution in [0.3, 0.4) is 0 Å². The van der Waals surface area contributed by atoms with Crippen molar-refractivity contribution in [1.82, 2.24) is 67.0 Å². The molecule has 0 bridgehead atoms. The molecule has 36 heteroatoms. The van der Waals surface area contributed by atoms with Crippen LogP contribution in [0.2, 0.25) is 0 Å². The third-order valence-corrected chi connectivity index (χ3v) is 19.9. The predicted molar refractivity (Wildman–Crippen MR) is 473 cm³/mol. The number of aromatic nitrogens is 4. The minimum Gasteiger partial charge on any atom is -0.463 e. The maximum Gasteiger partial charge on any atom is 0.328 e. The molecule has 36 nitrogen and oxygen atoms in total. The number of hydrogen-bond acceptors (Lipinski definition) is 26. The van der Waals surface area contributed by atoms with Gasteiger partial charge in [-0.25, -0.2) is 10.7 Å². The van der Waals surface area contributed by atoms with E-state index in [-0.39, 0.29) is 226 Å². The Bertz CT molecular complexity index is 3530. The van der Waals surface area contributed by atoms with Gasteiger partial charge in [0, 0.05) is 101 Å². The average molecular weight is 1760 g/mol. The van der Waals surface area contributed by atoms with Crippen molar-refractivity contribution in [2.24, 2.45) is 11.8 Å². The number of nitrogen functional groups attached to an aromatic ring is 1. The van der Waals surface area contributed by atoms with Crippen molar-refractivity contribution in [3.63, 3.8) is 0 Å². The van der Waals surface area contributed by atoms with Gasteiger partial charge in [0.25, 0.3) is 0 Å². The first-order chi connectivity index (χ1) is 58.6. The molecule has 0 saturated carbocycles. The number of anilines is 1. The summed E-state index contributed by atoms with van der Waals surface area (Å²) in [5.74, 6) is 3.19. The summed E-state index contributed by atoms with van der Waals surface area (Å²) in [5, 5.41) is 23.7. The van der Waals surface area contributed by atoms with Crippen molar-refractivity contribution in [2.75, 3.05) is 164 Å². The molecule has 8 amide bonds. The number of ether oxygens (including phenoxy) is 11. The summed E-state index contributed by atoms with van der Waals surface area (Å²) in [6.45, 7) is 38.0. The van der Waals surface area contributed by atoms with Crippen LogP contribution in [0.4, 0.5) is 5.82 Å². The summed E-state index contributed by atoms with van der Waals surface area (Å²) < 4.78 is 66.3. The lowest BCUT2D eigenvalue weighted by molar-refractivity contribution is -0.132. The molecule has 0 radical (unpaired) electrons. The van der Waals surface area contributed by atoms with E-state index in [1.807, 2.05) is 116 Å². The van der Waals surface area contributed by atoms with E-state index in [0.29, 0.717) is 102 Å². The average Bonchev–Trinajstić information content (AvgIpc) is 1.63. The lowest BCUT2D eigenvalue weighted by atomic mass is 9.93. The van der Waals surface area contributed by atoms with Gasteiger partial charge in [0.15, 0.2) is 11.5 Å². The first kappa shape index (κ1) is 109. The summed E-state index contributed by atoms with van der Waals surface area (Å²) in [6.07, 6.45) is 8.00. The highest BCUT2D eigenvalue weighted by atomic mass is 16.6. The Morgan fingerprint density at radius 3 is 1.42 bits per heavy atom. The highest BCUT2D eigenvalue weighted by Crippen LogP contribution is 2.25. The number of carbonyl (C=O) groups is 8. The minimum absolute atomic E-state index is 0.0103. The van der Waals surface area contributed by atoms with Gasteiger partial charge in [0.05, 0.1) is 122 Å². The number of hydrogen-bond donors (Lipinski definition) is 11. The van der Waals surface area contributed by atoms with Crippen LogP contribution >= 0.6 is 0 Å². The zero-order valence-electron chi connectivity index (χ0n) is 77.6. The number of amides is 8. The van der Waals surface area contributed by atoms with Crippen molar-refractivity contribution in [2.45, 2.75) is 284 Å². The van der Waals surface area contributed by atoms with Crippen LogP contribution in [0.15, 0.2) is 29.1 Å². The summed E-state index contributed by atoms with van der Waals surface area (Å²) in [7, 11) is 0. The van der Waals surface area contributed by atoms with Gasteiger partial charge in [-0.15, -0.1) is 0 Å². The molecule has 3 aromatic rings. The van der Waals surface area contributed by atoms with Gasteiger partial charge >= 0.3 is 11.7 Å². The van der Waals surface area contributed by atoms with E-state index in [1.165, 1.54) is 4.57 Å². The van der Waals surface area contributed by atoms with Crippen molar-refractivity contribution in [3.8, 4) is 6.01 Å². The fourth-order valence-electron chi connectivity index (χ4n) is 13.0. The number of nitrogens with zero attached hydrogens (tertiary/aromatic N) is 4. The normalized spacial score (nSPS) is 13.7. The predicted octanol–water partition coefficient (Wildman–Crippen LogP) is 6.43. The number of rotatable bonds is 67. The van der Waals surface area contributed by atoms with Crippen LogP contribution in [0.25, 0.3) is 11.2 Å². The van der Waals surface area contributed by atoms with E-state index in [9.17, 15) is 43.2 Å². The van der Waals surface area contributed by atoms with Gasteiger partial charge in [-0.05, 0) is 205 Å². The Kier molecular flexibility index (Phi) is 50.2. The fraction of sp³-hybridized carbons (Fsp3) is 0.784. The number of carbonyl (C=O) groups excluding carboxylic acids is 8. The Hall–Kier alpha value is -7.59. The first-order valence-corrected chi connectivity index (χ1v) is 44.4. The standard InChI is InChI=1S/C88H155N15O21/c1-17-18-44-120-80-96-77(89)76-78(97-80)103(81(112)95-76)60-67-27-25-66(26-28-67)59-102-42-30-65(31-43-102)29-40-93-79(111)68(22-19-20-39-91-75(110)61-124-90)94-70(105)24-21-23-69(104)92-41-52-114-54-56-116-58-57-115-55-53-113-45-32-74(109)101-88(62-117-46-33-71(106)98-85(11,12)36-49-121-82(2,3)4,63-118-47-34-72(107)99-86(13,14)37-50-122-83(5,6)7)64-119-48-35-73(108)100-87(15,16)38-51-123-84(8,9)10/h25-28,65,68H,17-24,29-64,90H2,1-16H3,(H,91,110)(H,92,104)(H,93,111)(H,94,105)(H,95,112)(H,98,106)(H,99,107)(H,100,108)(H,101,109)(H2,89,96,97)/t68-/m0/s1. The van der Waals surface area contributed by atoms with Gasteiger partial charge in [-0.1, -0.05) is 37.6 Å². The molecule has 0 unspecified atom stereocenters. The number of piperidine rings is 1. The number of unbranched alkanes of at least 4 members (excludes halogenated alkanes) is 2. The number of fused-ring (bicyclic) bond motifs is 1. The first-order valence-electron chi connectivity index (χ1n) is 44.4. The molecular weight excluding hydrogens is 1600 g/mol. The van der Waals surface area contributed by atoms with Crippen molar-refractivity contribution >= 4 is 64.2 Å². The molecule has 1 aliphatic rings. The molecule has 13 N–H and O–H groups in total. The number of benzene rings is 1. The molecule has 1 saturated heterocycles. The Balaban J connectivity index is 1.16. The molecule has 1 aromatic carbocycles. The van der Waals surface area contributed by atoms with E-state index < -0.39 is 34.1 Å². The number of nitrogens with one attached hydrogen (secondary N) is 9. The highest BCUT2D eigenvalue weighted by molar-refractivity contribution is 5.88. The van der Waals surface area contributed by atoms with E-state index in [0.717, 1.165) is 62.9 Å². The Morgan fingerprint density at radius 2 is 0.935 bits per heavy atom. The molecule has 1 aliphatic heterocycles. The summed E-state index contributed by atoms with van der Waals surface area (Å²) in [6, 6.07) is 7.50. The van der Waals surface area contributed by atoms with Crippen LogP contribution in [-0.4, -0.2) is 275 Å². The number of imidazole rings is 1. The summed E-state index contributed by atoms with van der Waals surface area (Å²) >= 11 is 0. The Morgan fingerprint density at radius 1 is 0.484 bits per heavy atom. The lowest BCUT2D eigenvalue weighted by Gasteiger charge is -2.34. The second kappa shape index (κ2) is 57.3. The van der Waals surface area contributed by atoms with Crippen LogP contribution in [0.1, 0.15) is 237 Å². The van der Waals surface area contributed by atoms with Crippen LogP contribution in [0.5, 0.6) is 6.01 Å². The molecule has 1 fully saturated rings. The lowest BCUT2D eigenvalue weighted by Crippen LogP contribution is -2.59. The van der Waals surface area contributed by atoms with Gasteiger partial charge in [0.1, 0.15) is 23.7 Å². The van der Waals surface area contributed by atoms with Gasteiger partial charge in [-0.2, -0.15) is 9.97 Å². The molecule has 2 aromatic heterocycles. The van der Waals surface area contributed by atoms with Crippen LogP contribution in [0, 0.1) is 5.92 Å². The zero-order chi connectivity index (χ0) is 91.7. The zero-order valence-corrected chi connectivity index (χ0v) is 77.6.